The highest BCUT2D eigenvalue weighted by molar-refractivity contribution is 6.05. The number of hydrogen-bond donors (Lipinski definition) is 1. The molecule has 1 N–H and O–H groups in total. The maximum absolute atomic E-state index is 13.3. The van der Waals surface area contributed by atoms with E-state index in [-0.39, 0.29) is 16.9 Å². The Bertz CT molecular complexity index is 1490. The molecule has 0 saturated carbocycles. The molecule has 0 unspecified atom stereocenters. The largest absolute Gasteiger partial charge is 0.497 e. The number of nitrogens with zero attached hydrogens (tertiary/aromatic N) is 3. The molecule has 9 nitrogen and oxygen atoms in total. The van der Waals surface area contributed by atoms with Crippen LogP contribution in [0.4, 0.5) is 5.69 Å². The lowest BCUT2D eigenvalue weighted by molar-refractivity contribution is 0.101. The van der Waals surface area contributed by atoms with Crippen LogP contribution < -0.4 is 20.3 Å². The Hall–Kier alpha value is -4.27. The fourth-order valence-electron chi connectivity index (χ4n) is 4.67. The molecule has 0 bridgehead atoms. The summed E-state index contributed by atoms with van der Waals surface area (Å²) in [6.45, 7) is 2.16. The quantitative estimate of drug-likeness (QED) is 0.441. The van der Waals surface area contributed by atoms with Crippen LogP contribution in [0.2, 0.25) is 0 Å². The van der Waals surface area contributed by atoms with E-state index < -0.39 is 5.91 Å². The predicted molar refractivity (Wildman–Crippen MR) is 135 cm³/mol. The number of carbonyl (C=O) groups excluding carboxylic acids is 1. The zero-order chi connectivity index (χ0) is 25.4. The monoisotopic (exact) mass is 488 g/mol. The molecule has 0 spiro atoms. The first kappa shape index (κ1) is 23.5. The second-order valence-corrected chi connectivity index (χ2v) is 8.86. The van der Waals surface area contributed by atoms with Crippen molar-refractivity contribution in [3.8, 4) is 22.8 Å². The van der Waals surface area contributed by atoms with Gasteiger partial charge in [-0.25, -0.2) is 4.68 Å². The molecule has 0 saturated heterocycles. The fourth-order valence-corrected chi connectivity index (χ4v) is 4.67. The van der Waals surface area contributed by atoms with E-state index in [0.29, 0.717) is 24.4 Å². The van der Waals surface area contributed by atoms with Crippen LogP contribution in [0, 0.1) is 6.92 Å². The van der Waals surface area contributed by atoms with Gasteiger partial charge in [0.2, 0.25) is 0 Å². The Balaban J connectivity index is 1.43. The number of amides is 1. The molecule has 2 aromatic carbocycles. The van der Waals surface area contributed by atoms with E-state index in [1.165, 1.54) is 0 Å². The highest BCUT2D eigenvalue weighted by Crippen LogP contribution is 2.36. The van der Waals surface area contributed by atoms with Gasteiger partial charge in [-0.05, 0) is 67.6 Å². The molecule has 0 fully saturated rings. The summed E-state index contributed by atoms with van der Waals surface area (Å²) in [6.07, 6.45) is 2.33. The number of methoxy groups -OCH3 is 2. The molecular weight excluding hydrogens is 460 g/mol. The normalized spacial score (nSPS) is 12.4. The highest BCUT2D eigenvalue weighted by atomic mass is 16.5. The van der Waals surface area contributed by atoms with Gasteiger partial charge >= 0.3 is 0 Å². The van der Waals surface area contributed by atoms with Gasteiger partial charge in [0.15, 0.2) is 11.5 Å². The number of rotatable bonds is 6. The van der Waals surface area contributed by atoms with E-state index >= 15 is 0 Å². The Morgan fingerprint density at radius 1 is 1.08 bits per heavy atom. The Labute approximate surface area is 208 Å². The van der Waals surface area contributed by atoms with Crippen molar-refractivity contribution in [3.05, 3.63) is 80.9 Å². The average Bonchev–Trinajstić information content (AvgIpc) is 3.33. The zero-order valence-corrected chi connectivity index (χ0v) is 20.8. The van der Waals surface area contributed by atoms with Crippen LogP contribution in [0.3, 0.4) is 0 Å². The SMILES string of the molecule is COc1ccc(Cn2c(=O)c(NC(=O)c3noc4c3CCCc3cc(OC)ccc3-4)c(C)n2C)cc1. The van der Waals surface area contributed by atoms with Crippen LogP contribution in [0.15, 0.2) is 51.8 Å². The van der Waals surface area contributed by atoms with Gasteiger partial charge in [0.05, 0.1) is 26.5 Å². The summed E-state index contributed by atoms with van der Waals surface area (Å²) in [5.41, 5.74) is 4.49. The lowest BCUT2D eigenvalue weighted by Gasteiger charge is -2.08. The van der Waals surface area contributed by atoms with Gasteiger partial charge in [-0.1, -0.05) is 17.3 Å². The lowest BCUT2D eigenvalue weighted by Crippen LogP contribution is -2.25. The number of fused-ring (bicyclic) bond motifs is 3. The summed E-state index contributed by atoms with van der Waals surface area (Å²) in [4.78, 5) is 26.6. The molecule has 2 aromatic heterocycles. The molecular formula is C27H28N4O5. The van der Waals surface area contributed by atoms with E-state index in [0.717, 1.165) is 46.6 Å². The van der Waals surface area contributed by atoms with Crippen LogP contribution >= 0.6 is 0 Å². The van der Waals surface area contributed by atoms with Crippen molar-refractivity contribution in [1.82, 2.24) is 14.5 Å². The first-order chi connectivity index (χ1) is 17.4. The molecule has 1 amide bonds. The molecule has 4 aromatic rings. The number of nitrogens with one attached hydrogen (secondary N) is 1. The third-order valence-corrected chi connectivity index (χ3v) is 6.82. The standard InChI is InChI=1S/C27H28N4O5/c1-16-23(27(33)31(30(16)2)15-17-8-10-19(34-3)11-9-17)28-26(32)24-22-7-5-6-18-14-20(35-4)12-13-21(18)25(22)36-29-24/h8-14H,5-7,15H2,1-4H3,(H,28,32). The van der Waals surface area contributed by atoms with Crippen LogP contribution in [0.1, 0.15) is 39.3 Å². The van der Waals surface area contributed by atoms with Crippen molar-refractivity contribution in [1.29, 1.82) is 0 Å². The third-order valence-electron chi connectivity index (χ3n) is 6.82. The van der Waals surface area contributed by atoms with Gasteiger partial charge < -0.3 is 19.3 Å². The molecule has 0 aliphatic heterocycles. The number of aromatic nitrogens is 3. The smallest absolute Gasteiger partial charge is 0.291 e. The minimum Gasteiger partial charge on any atom is -0.497 e. The number of carbonyl (C=O) groups is 1. The highest BCUT2D eigenvalue weighted by Gasteiger charge is 2.28. The van der Waals surface area contributed by atoms with Crippen molar-refractivity contribution < 1.29 is 18.8 Å². The second-order valence-electron chi connectivity index (χ2n) is 8.86. The molecule has 36 heavy (non-hydrogen) atoms. The first-order valence-corrected chi connectivity index (χ1v) is 11.8. The summed E-state index contributed by atoms with van der Waals surface area (Å²) in [5, 5.41) is 6.91. The summed E-state index contributed by atoms with van der Waals surface area (Å²) in [7, 11) is 5.04. The molecule has 0 radical (unpaired) electrons. The number of hydrogen-bond acceptors (Lipinski definition) is 6. The maximum atomic E-state index is 13.3. The second kappa shape index (κ2) is 9.41. The van der Waals surface area contributed by atoms with Crippen molar-refractivity contribution in [2.75, 3.05) is 19.5 Å². The van der Waals surface area contributed by atoms with Gasteiger partial charge in [-0.2, -0.15) is 0 Å². The third kappa shape index (κ3) is 4.06. The average molecular weight is 489 g/mol. The van der Waals surface area contributed by atoms with Gasteiger partial charge in [-0.3, -0.25) is 14.3 Å². The molecule has 5 rings (SSSR count). The summed E-state index contributed by atoms with van der Waals surface area (Å²) >= 11 is 0. The van der Waals surface area contributed by atoms with E-state index in [2.05, 4.69) is 10.5 Å². The Morgan fingerprint density at radius 3 is 2.53 bits per heavy atom. The number of benzene rings is 2. The molecule has 2 heterocycles. The Kier molecular flexibility index (Phi) is 6.13. The topological polar surface area (TPSA) is 101 Å². The number of ether oxygens (including phenoxy) is 2. The molecule has 186 valence electrons. The van der Waals surface area contributed by atoms with Gasteiger partial charge in [-0.15, -0.1) is 0 Å². The fraction of sp³-hybridized carbons (Fsp3) is 0.296. The van der Waals surface area contributed by atoms with Crippen LogP contribution in [0.25, 0.3) is 11.3 Å². The van der Waals surface area contributed by atoms with Crippen LogP contribution in [-0.2, 0) is 26.4 Å². The maximum Gasteiger partial charge on any atom is 0.291 e. The van der Waals surface area contributed by atoms with Gasteiger partial charge in [0, 0.05) is 18.2 Å². The predicted octanol–water partition coefficient (Wildman–Crippen LogP) is 3.96. The lowest BCUT2D eigenvalue weighted by atomic mass is 10.0. The van der Waals surface area contributed by atoms with Crippen molar-refractivity contribution in [2.45, 2.75) is 32.7 Å². The number of anilines is 1. The summed E-state index contributed by atoms with van der Waals surface area (Å²) in [5.74, 6) is 1.66. The van der Waals surface area contributed by atoms with E-state index in [4.69, 9.17) is 14.0 Å². The van der Waals surface area contributed by atoms with Crippen molar-refractivity contribution in [3.63, 3.8) is 0 Å². The first-order valence-electron chi connectivity index (χ1n) is 11.8. The molecule has 1 aliphatic rings. The molecule has 1 aliphatic carbocycles. The summed E-state index contributed by atoms with van der Waals surface area (Å²) in [6, 6.07) is 13.3. The van der Waals surface area contributed by atoms with Crippen molar-refractivity contribution >= 4 is 11.6 Å². The number of aryl methyl sites for hydroxylation is 1. The minimum absolute atomic E-state index is 0.207. The van der Waals surface area contributed by atoms with Crippen LogP contribution in [-0.4, -0.2) is 34.6 Å². The molecule has 9 heteroatoms. The van der Waals surface area contributed by atoms with Gasteiger partial charge in [0.1, 0.15) is 17.2 Å². The van der Waals surface area contributed by atoms with Crippen LogP contribution in [0.5, 0.6) is 11.5 Å². The van der Waals surface area contributed by atoms with E-state index in [9.17, 15) is 9.59 Å². The van der Waals surface area contributed by atoms with Crippen molar-refractivity contribution in [2.24, 2.45) is 7.05 Å². The zero-order valence-electron chi connectivity index (χ0n) is 20.8. The van der Waals surface area contributed by atoms with E-state index in [1.54, 1.807) is 37.6 Å². The van der Waals surface area contributed by atoms with E-state index in [1.807, 2.05) is 42.5 Å². The minimum atomic E-state index is -0.459. The summed E-state index contributed by atoms with van der Waals surface area (Å²) < 4.78 is 19.5. The Morgan fingerprint density at radius 2 is 1.81 bits per heavy atom. The molecule has 0 atom stereocenters. The van der Waals surface area contributed by atoms with Gasteiger partial charge in [0.25, 0.3) is 11.5 Å².